The molecule has 0 atom stereocenters. The summed E-state index contributed by atoms with van der Waals surface area (Å²) in [5.41, 5.74) is 7.43. The SMILES string of the molecule is CN(C)c1ccc(NC(=O)c2ccc(N)cc2)cn1. The zero-order valence-corrected chi connectivity index (χ0v) is 10.9. The highest BCUT2D eigenvalue weighted by molar-refractivity contribution is 6.04. The number of carbonyl (C=O) groups excluding carboxylic acids is 1. The van der Waals surface area contributed by atoms with Crippen LogP contribution in [0.25, 0.3) is 0 Å². The van der Waals surface area contributed by atoms with Crippen molar-refractivity contribution in [3.8, 4) is 0 Å². The standard InChI is InChI=1S/C14H16N4O/c1-18(2)13-8-7-12(9-16-13)17-14(19)10-3-5-11(15)6-4-10/h3-9H,15H2,1-2H3,(H,17,19). The molecule has 98 valence electrons. The summed E-state index contributed by atoms with van der Waals surface area (Å²) in [6, 6.07) is 10.4. The van der Waals surface area contributed by atoms with Crippen LogP contribution in [-0.4, -0.2) is 25.0 Å². The molecule has 1 aromatic carbocycles. The first-order chi connectivity index (χ1) is 9.06. The number of rotatable bonds is 3. The lowest BCUT2D eigenvalue weighted by Crippen LogP contribution is -2.13. The van der Waals surface area contributed by atoms with E-state index in [-0.39, 0.29) is 5.91 Å². The van der Waals surface area contributed by atoms with E-state index in [1.54, 1.807) is 30.5 Å². The third kappa shape index (κ3) is 3.22. The molecular weight excluding hydrogens is 240 g/mol. The highest BCUT2D eigenvalue weighted by atomic mass is 16.1. The molecule has 0 saturated heterocycles. The van der Waals surface area contributed by atoms with Crippen molar-refractivity contribution in [2.45, 2.75) is 0 Å². The second kappa shape index (κ2) is 5.39. The van der Waals surface area contributed by atoms with Gasteiger partial charge in [-0.25, -0.2) is 4.98 Å². The molecule has 0 spiro atoms. The number of hydrogen-bond acceptors (Lipinski definition) is 4. The topological polar surface area (TPSA) is 71.2 Å². The number of nitrogens with one attached hydrogen (secondary N) is 1. The average molecular weight is 256 g/mol. The number of benzene rings is 1. The van der Waals surface area contributed by atoms with Gasteiger partial charge in [0.15, 0.2) is 0 Å². The molecule has 0 fully saturated rings. The van der Waals surface area contributed by atoms with E-state index < -0.39 is 0 Å². The molecule has 3 N–H and O–H groups in total. The lowest BCUT2D eigenvalue weighted by Gasteiger charge is -2.11. The van der Waals surface area contributed by atoms with E-state index in [9.17, 15) is 4.79 Å². The van der Waals surface area contributed by atoms with Crippen LogP contribution in [0.5, 0.6) is 0 Å². The fraction of sp³-hybridized carbons (Fsp3) is 0.143. The fourth-order valence-corrected chi connectivity index (χ4v) is 1.56. The molecule has 2 aromatic rings. The summed E-state index contributed by atoms with van der Waals surface area (Å²) in [5, 5.41) is 2.78. The van der Waals surface area contributed by atoms with Gasteiger partial charge < -0.3 is 16.0 Å². The number of hydrogen-bond donors (Lipinski definition) is 2. The molecule has 0 aliphatic heterocycles. The van der Waals surface area contributed by atoms with Gasteiger partial charge in [0.2, 0.25) is 0 Å². The van der Waals surface area contributed by atoms with Crippen LogP contribution < -0.4 is 16.0 Å². The van der Waals surface area contributed by atoms with E-state index in [4.69, 9.17) is 5.73 Å². The Balaban J connectivity index is 2.08. The summed E-state index contributed by atoms with van der Waals surface area (Å²) in [4.78, 5) is 18.1. The predicted molar refractivity (Wildman–Crippen MR) is 77.4 cm³/mol. The first-order valence-electron chi connectivity index (χ1n) is 5.86. The summed E-state index contributed by atoms with van der Waals surface area (Å²) >= 11 is 0. The Morgan fingerprint density at radius 1 is 1.16 bits per heavy atom. The lowest BCUT2D eigenvalue weighted by atomic mass is 10.2. The second-order valence-corrected chi connectivity index (χ2v) is 4.38. The zero-order valence-electron chi connectivity index (χ0n) is 10.9. The number of carbonyl (C=O) groups is 1. The van der Waals surface area contributed by atoms with Crippen molar-refractivity contribution in [2.24, 2.45) is 0 Å². The maximum Gasteiger partial charge on any atom is 0.255 e. The Bertz CT molecular complexity index is 561. The van der Waals surface area contributed by atoms with E-state index in [0.717, 1.165) is 5.82 Å². The van der Waals surface area contributed by atoms with Crippen LogP contribution in [0.1, 0.15) is 10.4 Å². The lowest BCUT2D eigenvalue weighted by molar-refractivity contribution is 0.102. The van der Waals surface area contributed by atoms with Gasteiger partial charge in [0.1, 0.15) is 5.82 Å². The molecule has 5 heteroatoms. The third-order valence-corrected chi connectivity index (χ3v) is 2.64. The maximum absolute atomic E-state index is 12.0. The molecule has 5 nitrogen and oxygen atoms in total. The van der Waals surface area contributed by atoms with Crippen molar-refractivity contribution in [3.63, 3.8) is 0 Å². The van der Waals surface area contributed by atoms with Crippen LogP contribution in [0.2, 0.25) is 0 Å². The van der Waals surface area contributed by atoms with Crippen LogP contribution in [0.4, 0.5) is 17.2 Å². The molecule has 19 heavy (non-hydrogen) atoms. The number of nitrogens with zero attached hydrogens (tertiary/aromatic N) is 2. The van der Waals surface area contributed by atoms with E-state index in [1.807, 2.05) is 31.1 Å². The van der Waals surface area contributed by atoms with E-state index >= 15 is 0 Å². The Kier molecular flexibility index (Phi) is 3.66. The number of anilines is 3. The van der Waals surface area contributed by atoms with Gasteiger partial charge in [0.25, 0.3) is 5.91 Å². The molecule has 1 amide bonds. The van der Waals surface area contributed by atoms with E-state index in [0.29, 0.717) is 16.9 Å². The van der Waals surface area contributed by atoms with E-state index in [1.165, 1.54) is 0 Å². The number of pyridine rings is 1. The summed E-state index contributed by atoms with van der Waals surface area (Å²) in [5.74, 6) is 0.657. The van der Waals surface area contributed by atoms with Gasteiger partial charge in [-0.2, -0.15) is 0 Å². The molecular formula is C14H16N4O. The number of nitrogens with two attached hydrogens (primary N) is 1. The van der Waals surface area contributed by atoms with Crippen LogP contribution in [0.15, 0.2) is 42.6 Å². The fourth-order valence-electron chi connectivity index (χ4n) is 1.56. The van der Waals surface area contributed by atoms with Gasteiger partial charge >= 0.3 is 0 Å². The van der Waals surface area contributed by atoms with Gasteiger partial charge in [0.05, 0.1) is 11.9 Å². The average Bonchev–Trinajstić information content (AvgIpc) is 2.40. The Labute approximate surface area is 112 Å². The first kappa shape index (κ1) is 12.9. The third-order valence-electron chi connectivity index (χ3n) is 2.64. The molecule has 1 heterocycles. The van der Waals surface area contributed by atoms with Crippen molar-refractivity contribution in [3.05, 3.63) is 48.2 Å². The van der Waals surface area contributed by atoms with Gasteiger partial charge in [-0.3, -0.25) is 4.79 Å². The van der Waals surface area contributed by atoms with Crippen molar-refractivity contribution in [1.29, 1.82) is 0 Å². The van der Waals surface area contributed by atoms with Crippen LogP contribution in [0, 0.1) is 0 Å². The van der Waals surface area contributed by atoms with Crippen LogP contribution >= 0.6 is 0 Å². The summed E-state index contributed by atoms with van der Waals surface area (Å²) < 4.78 is 0. The molecule has 0 bridgehead atoms. The van der Waals surface area contributed by atoms with Crippen LogP contribution in [-0.2, 0) is 0 Å². The number of nitrogen functional groups attached to an aromatic ring is 1. The Morgan fingerprint density at radius 2 is 1.84 bits per heavy atom. The minimum Gasteiger partial charge on any atom is -0.399 e. The highest BCUT2D eigenvalue weighted by Crippen LogP contribution is 2.13. The summed E-state index contributed by atoms with van der Waals surface area (Å²) in [7, 11) is 3.82. The van der Waals surface area contributed by atoms with Crippen LogP contribution in [0.3, 0.4) is 0 Å². The van der Waals surface area contributed by atoms with Gasteiger partial charge in [-0.15, -0.1) is 0 Å². The first-order valence-corrected chi connectivity index (χ1v) is 5.86. The quantitative estimate of drug-likeness (QED) is 0.824. The molecule has 0 aliphatic rings. The van der Waals surface area contributed by atoms with Crippen molar-refractivity contribution < 1.29 is 4.79 Å². The van der Waals surface area contributed by atoms with Gasteiger partial charge in [-0.1, -0.05) is 0 Å². The molecule has 1 aromatic heterocycles. The minimum atomic E-state index is -0.181. The molecule has 0 aliphatic carbocycles. The van der Waals surface area contributed by atoms with Crippen molar-refractivity contribution in [1.82, 2.24) is 4.98 Å². The minimum absolute atomic E-state index is 0.181. The second-order valence-electron chi connectivity index (χ2n) is 4.38. The Morgan fingerprint density at radius 3 is 2.37 bits per heavy atom. The smallest absolute Gasteiger partial charge is 0.255 e. The maximum atomic E-state index is 12.0. The van der Waals surface area contributed by atoms with Crippen molar-refractivity contribution >= 4 is 23.1 Å². The normalized spacial score (nSPS) is 10.0. The molecule has 0 radical (unpaired) electrons. The summed E-state index contributed by atoms with van der Waals surface area (Å²) in [6.45, 7) is 0. The molecule has 0 unspecified atom stereocenters. The largest absolute Gasteiger partial charge is 0.399 e. The Hall–Kier alpha value is -2.56. The van der Waals surface area contributed by atoms with E-state index in [2.05, 4.69) is 10.3 Å². The molecule has 2 rings (SSSR count). The predicted octanol–water partition coefficient (Wildman–Crippen LogP) is 1.98. The van der Waals surface area contributed by atoms with Gasteiger partial charge in [-0.05, 0) is 36.4 Å². The van der Waals surface area contributed by atoms with Gasteiger partial charge in [0, 0.05) is 25.3 Å². The highest BCUT2D eigenvalue weighted by Gasteiger charge is 2.06. The molecule has 0 saturated carbocycles. The van der Waals surface area contributed by atoms with Crippen molar-refractivity contribution in [2.75, 3.05) is 30.0 Å². The summed E-state index contributed by atoms with van der Waals surface area (Å²) in [6.07, 6.45) is 1.63. The number of aromatic nitrogens is 1. The monoisotopic (exact) mass is 256 g/mol. The number of amides is 1. The zero-order chi connectivity index (χ0) is 13.8.